The maximum absolute atomic E-state index is 10.2. The molecule has 174 valence electrons. The van der Waals surface area contributed by atoms with Crippen LogP contribution in [0, 0.1) is 0 Å². The van der Waals surface area contributed by atoms with E-state index in [0.29, 0.717) is 0 Å². The monoisotopic (exact) mass is 412 g/mol. The summed E-state index contributed by atoms with van der Waals surface area (Å²) in [7, 11) is -2.92. The molecule has 0 fully saturated rings. The van der Waals surface area contributed by atoms with Crippen LogP contribution >= 0.6 is 0 Å². The Morgan fingerprint density at radius 2 is 1.00 bits per heavy atom. The summed E-state index contributed by atoms with van der Waals surface area (Å²) in [6.07, 6.45) is 20.9. The molecule has 0 radical (unpaired) electrons. The molecule has 0 spiro atoms. The number of hydrogen-bond acceptors (Lipinski definition) is 5. The highest BCUT2D eigenvalue weighted by Gasteiger charge is 1.91. The first-order valence-electron chi connectivity index (χ1n) is 9.33. The second kappa shape index (κ2) is 36.8. The molecule has 16 N–H and O–H groups in total. The summed E-state index contributed by atoms with van der Waals surface area (Å²) in [5, 5.41) is 35.5. The Labute approximate surface area is 172 Å². The maximum Gasteiger partial charge on any atom is 0.0414 e. The van der Waals surface area contributed by atoms with Gasteiger partial charge in [-0.15, -0.1) is 0 Å². The van der Waals surface area contributed by atoms with Crippen LogP contribution in [0.15, 0.2) is 12.2 Å². The zero-order chi connectivity index (χ0) is 18.5. The van der Waals surface area contributed by atoms with Crippen LogP contribution in [0.3, 0.4) is 0 Å². The summed E-state index contributed by atoms with van der Waals surface area (Å²) >= 11 is 0. The molecule has 0 aliphatic rings. The normalized spacial score (nSPS) is 9.00. The highest BCUT2D eigenvalue weighted by molar-refractivity contribution is 6.24. The fourth-order valence-corrected chi connectivity index (χ4v) is 2.34. The molecule has 0 bridgehead atoms. The second-order valence-corrected chi connectivity index (χ2v) is 5.99. The summed E-state index contributed by atoms with van der Waals surface area (Å²) in [6, 6.07) is 0. The van der Waals surface area contributed by atoms with Crippen molar-refractivity contribution in [1.82, 2.24) is 24.6 Å². The van der Waals surface area contributed by atoms with Crippen LogP contribution < -0.4 is 44.8 Å². The molecule has 0 aliphatic carbocycles. The Kier molecular flexibility index (Phi) is 54.5. The van der Waals surface area contributed by atoms with Crippen molar-refractivity contribution >= 4 is 13.3 Å². The van der Waals surface area contributed by atoms with Gasteiger partial charge >= 0.3 is 0 Å². The summed E-state index contributed by atoms with van der Waals surface area (Å²) < 4.78 is 0. The van der Waals surface area contributed by atoms with Crippen molar-refractivity contribution in [3.63, 3.8) is 0 Å². The first-order valence-corrected chi connectivity index (χ1v) is 9.33. The molecule has 0 amide bonds. The van der Waals surface area contributed by atoms with Gasteiger partial charge in [-0.1, -0.05) is 70.4 Å². The van der Waals surface area contributed by atoms with Crippen molar-refractivity contribution in [1.29, 1.82) is 0 Å². The Bertz CT molecular complexity index is 296. The van der Waals surface area contributed by atoms with Gasteiger partial charge < -0.3 is 49.6 Å². The number of aliphatic carboxylic acids is 1. The Balaban J connectivity index is -0.000000137. The van der Waals surface area contributed by atoms with E-state index in [1.54, 1.807) is 0 Å². The molecule has 0 aromatic rings. The van der Waals surface area contributed by atoms with E-state index in [4.69, 9.17) is 15.1 Å². The minimum atomic E-state index is -2.92. The van der Waals surface area contributed by atoms with Gasteiger partial charge in [-0.25, -0.2) is 0 Å². The minimum Gasteiger partial charge on any atom is -0.907 e. The number of allylic oxidation sites excluding steroid dienone is 2. The van der Waals surface area contributed by atoms with Crippen LogP contribution in [0.4, 0.5) is 0 Å². The predicted molar refractivity (Wildman–Crippen MR) is 114 cm³/mol. The number of hydrogen-bond donors (Lipinski definition) is 4. The lowest BCUT2D eigenvalue weighted by molar-refractivity contribution is -0.479. The zero-order valence-electron chi connectivity index (χ0n) is 19.2. The average molecular weight is 412 g/mol. The summed E-state index contributed by atoms with van der Waals surface area (Å²) in [4.78, 5) is 10.2. The molecule has 9 nitrogen and oxygen atoms in total. The summed E-state index contributed by atoms with van der Waals surface area (Å²) in [5.74, 6) is -0.914. The number of rotatable bonds is 15. The van der Waals surface area contributed by atoms with Gasteiger partial charge in [-0.05, 0) is 38.5 Å². The van der Waals surface area contributed by atoms with Gasteiger partial charge in [0.15, 0.2) is 0 Å². The van der Waals surface area contributed by atoms with Gasteiger partial charge in [0.1, 0.15) is 0 Å². The smallest absolute Gasteiger partial charge is 0.0414 e. The SMILES string of the molecule is CCCCCCCC/C=C\CCCCCCCC(=O)[O-].[NH4+].[NH4+].[NH4+].[NH4+].[O-]B([O-])[O-]. The van der Waals surface area contributed by atoms with E-state index in [9.17, 15) is 9.90 Å². The highest BCUT2D eigenvalue weighted by Crippen LogP contribution is 2.09. The molecule has 0 aliphatic heterocycles. The third kappa shape index (κ3) is 56.3. The van der Waals surface area contributed by atoms with Crippen LogP contribution in [-0.2, 0) is 4.79 Å². The van der Waals surface area contributed by atoms with E-state index in [1.165, 1.54) is 64.2 Å². The molecule has 0 saturated heterocycles. The third-order valence-corrected chi connectivity index (χ3v) is 3.64. The van der Waals surface area contributed by atoms with Crippen LogP contribution in [0.2, 0.25) is 0 Å². The molecular weight excluding hydrogens is 363 g/mol. The molecule has 10 heteroatoms. The lowest BCUT2D eigenvalue weighted by Gasteiger charge is -2.35. The Morgan fingerprint density at radius 1 is 0.679 bits per heavy atom. The van der Waals surface area contributed by atoms with Crippen molar-refractivity contribution in [3.8, 4) is 0 Å². The first-order chi connectivity index (χ1) is 11.5. The molecule has 0 atom stereocenters. The predicted octanol–water partition coefficient (Wildman–Crippen LogP) is 2.33. The number of unbranched alkanes of at least 4 members (excludes halogenated alkanes) is 11. The first kappa shape index (κ1) is 41.4. The van der Waals surface area contributed by atoms with Crippen LogP contribution in [-0.4, -0.2) is 13.3 Å². The molecule has 0 heterocycles. The van der Waals surface area contributed by atoms with E-state index in [2.05, 4.69) is 19.1 Å². The summed E-state index contributed by atoms with van der Waals surface area (Å²) in [6.45, 7) is 2.26. The largest absolute Gasteiger partial charge is 0.907 e. The van der Waals surface area contributed by atoms with Crippen molar-refractivity contribution in [2.75, 3.05) is 0 Å². The van der Waals surface area contributed by atoms with Gasteiger partial charge in [0.05, 0.1) is 0 Å². The van der Waals surface area contributed by atoms with Crippen molar-refractivity contribution in [3.05, 3.63) is 12.2 Å². The van der Waals surface area contributed by atoms with E-state index < -0.39 is 13.3 Å². The zero-order valence-corrected chi connectivity index (χ0v) is 19.2. The van der Waals surface area contributed by atoms with Gasteiger partial charge in [-0.2, -0.15) is 0 Å². The summed E-state index contributed by atoms with van der Waals surface area (Å²) in [5.41, 5.74) is 0. The highest BCUT2D eigenvalue weighted by atomic mass is 16.5. The van der Waals surface area contributed by atoms with Gasteiger partial charge in [0, 0.05) is 5.97 Å². The molecule has 0 saturated carbocycles. The molecule has 0 rings (SSSR count). The third-order valence-electron chi connectivity index (χ3n) is 3.64. The van der Waals surface area contributed by atoms with Crippen LogP contribution in [0.5, 0.6) is 0 Å². The standard InChI is InChI=1S/C18H34O2.BO3.4H3N/c1-2-3-4-5-6-7-8-9-10-11-12-13-14-15-16-17-18(19)20;2-1(3)4;;;;/h9-10H,2-8,11-17H2,1H3,(H,19,20);;4*1H3/q;-3;;;;/p+3/b10-9-;;;;;. The number of carbonyl (C=O) groups excluding carboxylic acids is 1. The topological polar surface area (TPSA) is 255 Å². The van der Waals surface area contributed by atoms with Gasteiger partial charge in [0.2, 0.25) is 0 Å². The Morgan fingerprint density at radius 3 is 1.36 bits per heavy atom. The van der Waals surface area contributed by atoms with Crippen LogP contribution in [0.25, 0.3) is 0 Å². The van der Waals surface area contributed by atoms with E-state index >= 15 is 0 Å². The fourth-order valence-electron chi connectivity index (χ4n) is 2.34. The van der Waals surface area contributed by atoms with Crippen molar-refractivity contribution in [2.45, 2.75) is 96.8 Å². The average Bonchev–Trinajstić information content (AvgIpc) is 2.50. The molecule has 28 heavy (non-hydrogen) atoms. The number of carboxylic acids is 1. The molecule has 0 aromatic carbocycles. The second-order valence-electron chi connectivity index (χ2n) is 5.99. The minimum absolute atomic E-state index is 0. The van der Waals surface area contributed by atoms with E-state index in [0.717, 1.165) is 19.3 Å². The number of carbonyl (C=O) groups is 1. The quantitative estimate of drug-likeness (QED) is 0.179. The lowest BCUT2D eigenvalue weighted by atomic mass is 10.1. The van der Waals surface area contributed by atoms with Gasteiger partial charge in [-0.3, -0.25) is 7.32 Å². The fraction of sp³-hybridized carbons (Fsp3) is 0.833. The number of quaternary nitrogens is 4. The molecule has 0 aromatic heterocycles. The van der Waals surface area contributed by atoms with E-state index in [1.807, 2.05) is 0 Å². The maximum atomic E-state index is 10.2. The van der Waals surface area contributed by atoms with Gasteiger partial charge in [0.25, 0.3) is 0 Å². The van der Waals surface area contributed by atoms with Crippen molar-refractivity contribution < 1.29 is 25.0 Å². The molecular formula is C18H49BN4O5. The Hall–Kier alpha value is -1.01. The van der Waals surface area contributed by atoms with Crippen molar-refractivity contribution in [2.24, 2.45) is 0 Å². The molecule has 0 unspecified atom stereocenters. The lowest BCUT2D eigenvalue weighted by Crippen LogP contribution is -2.56. The number of carboxylic acid groups (broad SMARTS) is 1. The van der Waals surface area contributed by atoms with E-state index in [-0.39, 0.29) is 31.0 Å². The van der Waals surface area contributed by atoms with Crippen LogP contribution in [0.1, 0.15) is 96.8 Å².